The molecule has 5 nitrogen and oxygen atoms in total. The van der Waals surface area contributed by atoms with Crippen LogP contribution in [0.5, 0.6) is 0 Å². The second-order valence-corrected chi connectivity index (χ2v) is 6.23. The fourth-order valence-corrected chi connectivity index (χ4v) is 2.87. The minimum absolute atomic E-state index is 0.0690. The molecule has 1 aromatic rings. The van der Waals surface area contributed by atoms with E-state index in [4.69, 9.17) is 4.74 Å². The first kappa shape index (κ1) is 18.3. The molecule has 0 bridgehead atoms. The van der Waals surface area contributed by atoms with Gasteiger partial charge < -0.3 is 20.3 Å². The zero-order chi connectivity index (χ0) is 17.7. The summed E-state index contributed by atoms with van der Waals surface area (Å²) in [6.07, 6.45) is 1.75. The van der Waals surface area contributed by atoms with Crippen LogP contribution in [0.3, 0.4) is 0 Å². The van der Waals surface area contributed by atoms with E-state index in [0.717, 1.165) is 0 Å². The Kier molecular flexibility index (Phi) is 6.20. The lowest BCUT2D eigenvalue weighted by atomic mass is 10.1. The van der Waals surface area contributed by atoms with Gasteiger partial charge in [-0.25, -0.2) is 4.39 Å². The third kappa shape index (κ3) is 4.71. The van der Waals surface area contributed by atoms with Crippen LogP contribution in [0.2, 0.25) is 0 Å². The first-order chi connectivity index (χ1) is 11.4. The Bertz CT molecular complexity index is 584. The smallest absolute Gasteiger partial charge is 0.242 e. The number of carbonyl (C=O) groups excluding carboxylic acids is 1. The molecule has 2 rings (SSSR count). The Labute approximate surface area is 142 Å². The number of carbonyl (C=O) groups is 1. The molecule has 0 spiro atoms. The Morgan fingerprint density at radius 2 is 2.12 bits per heavy atom. The molecular formula is C18H26FN3O2. The second kappa shape index (κ2) is 8.15. The summed E-state index contributed by atoms with van der Waals surface area (Å²) >= 11 is 0. The summed E-state index contributed by atoms with van der Waals surface area (Å²) < 4.78 is 20.2. The average molecular weight is 335 g/mol. The number of morpholine rings is 1. The van der Waals surface area contributed by atoms with Gasteiger partial charge in [-0.15, -0.1) is 6.58 Å². The maximum atomic E-state index is 14.5. The minimum atomic E-state index is -0.460. The van der Waals surface area contributed by atoms with Crippen molar-refractivity contribution in [3.63, 3.8) is 0 Å². The SMILES string of the molecule is C=CCNC(=O)C(C)Nc1ccc(N2CC(C)OC(C)C2)c(F)c1. The topological polar surface area (TPSA) is 53.6 Å². The van der Waals surface area contributed by atoms with Gasteiger partial charge in [0.05, 0.1) is 17.9 Å². The normalized spacial score (nSPS) is 21.9. The average Bonchev–Trinajstić information content (AvgIpc) is 2.51. The van der Waals surface area contributed by atoms with Crippen LogP contribution in [0.15, 0.2) is 30.9 Å². The molecule has 1 aliphatic heterocycles. The molecule has 1 aromatic carbocycles. The van der Waals surface area contributed by atoms with Crippen LogP contribution < -0.4 is 15.5 Å². The van der Waals surface area contributed by atoms with Gasteiger partial charge in [0.1, 0.15) is 11.9 Å². The van der Waals surface area contributed by atoms with Crippen LogP contribution in [0, 0.1) is 5.82 Å². The first-order valence-electron chi connectivity index (χ1n) is 8.25. The van der Waals surface area contributed by atoms with Crippen molar-refractivity contribution >= 4 is 17.3 Å². The fraction of sp³-hybridized carbons (Fsp3) is 0.500. The molecule has 1 aliphatic rings. The highest BCUT2D eigenvalue weighted by atomic mass is 19.1. The largest absolute Gasteiger partial charge is 0.374 e. The van der Waals surface area contributed by atoms with Crippen molar-refractivity contribution in [1.82, 2.24) is 5.32 Å². The van der Waals surface area contributed by atoms with Crippen molar-refractivity contribution in [2.45, 2.75) is 39.0 Å². The van der Waals surface area contributed by atoms with Gasteiger partial charge in [-0.05, 0) is 39.0 Å². The van der Waals surface area contributed by atoms with E-state index in [9.17, 15) is 9.18 Å². The van der Waals surface area contributed by atoms with Gasteiger partial charge in [0.2, 0.25) is 5.91 Å². The number of amides is 1. The zero-order valence-corrected chi connectivity index (χ0v) is 14.5. The number of hydrogen-bond donors (Lipinski definition) is 2. The predicted octanol–water partition coefficient (Wildman–Crippen LogP) is 2.54. The van der Waals surface area contributed by atoms with Crippen molar-refractivity contribution in [3.05, 3.63) is 36.7 Å². The number of rotatable bonds is 6. The van der Waals surface area contributed by atoms with Crippen LogP contribution in [0.25, 0.3) is 0 Å². The third-order valence-electron chi connectivity index (χ3n) is 3.91. The molecule has 0 radical (unpaired) electrons. The van der Waals surface area contributed by atoms with E-state index in [0.29, 0.717) is 31.0 Å². The molecule has 24 heavy (non-hydrogen) atoms. The van der Waals surface area contributed by atoms with Crippen LogP contribution in [-0.4, -0.2) is 43.8 Å². The molecule has 1 amide bonds. The Morgan fingerprint density at radius 3 is 2.71 bits per heavy atom. The first-order valence-corrected chi connectivity index (χ1v) is 8.25. The van der Waals surface area contributed by atoms with Crippen molar-refractivity contribution < 1.29 is 13.9 Å². The molecule has 1 heterocycles. The number of ether oxygens (including phenoxy) is 1. The maximum absolute atomic E-state index is 14.5. The van der Waals surface area contributed by atoms with Gasteiger partial charge in [0.15, 0.2) is 0 Å². The molecule has 1 fully saturated rings. The van der Waals surface area contributed by atoms with Crippen LogP contribution in [-0.2, 0) is 9.53 Å². The molecule has 0 aliphatic carbocycles. The van der Waals surface area contributed by atoms with Crippen LogP contribution in [0.4, 0.5) is 15.8 Å². The highest BCUT2D eigenvalue weighted by Gasteiger charge is 2.24. The number of halogens is 1. The lowest BCUT2D eigenvalue weighted by molar-refractivity contribution is -0.121. The van der Waals surface area contributed by atoms with E-state index < -0.39 is 6.04 Å². The number of anilines is 2. The lowest BCUT2D eigenvalue weighted by Gasteiger charge is -2.37. The van der Waals surface area contributed by atoms with Gasteiger partial charge in [-0.2, -0.15) is 0 Å². The Balaban J connectivity index is 2.04. The van der Waals surface area contributed by atoms with E-state index in [2.05, 4.69) is 17.2 Å². The number of hydrogen-bond acceptors (Lipinski definition) is 4. The summed E-state index contributed by atoms with van der Waals surface area (Å²) in [6.45, 7) is 11.0. The fourth-order valence-electron chi connectivity index (χ4n) is 2.87. The summed E-state index contributed by atoms with van der Waals surface area (Å²) in [7, 11) is 0. The maximum Gasteiger partial charge on any atom is 0.242 e. The summed E-state index contributed by atoms with van der Waals surface area (Å²) in [5.41, 5.74) is 1.14. The Morgan fingerprint density at radius 1 is 1.46 bits per heavy atom. The molecule has 6 heteroatoms. The van der Waals surface area contributed by atoms with E-state index in [1.807, 2.05) is 18.7 Å². The molecule has 0 aromatic heterocycles. The monoisotopic (exact) mass is 335 g/mol. The van der Waals surface area contributed by atoms with Crippen molar-refractivity contribution in [1.29, 1.82) is 0 Å². The molecular weight excluding hydrogens is 309 g/mol. The highest BCUT2D eigenvalue weighted by molar-refractivity contribution is 5.84. The quantitative estimate of drug-likeness (QED) is 0.785. The molecule has 132 valence electrons. The van der Waals surface area contributed by atoms with E-state index in [-0.39, 0.29) is 23.9 Å². The van der Waals surface area contributed by atoms with Crippen LogP contribution >= 0.6 is 0 Å². The number of nitrogens with zero attached hydrogens (tertiary/aromatic N) is 1. The summed E-state index contributed by atoms with van der Waals surface area (Å²) in [4.78, 5) is 13.8. The number of nitrogens with one attached hydrogen (secondary N) is 2. The van der Waals surface area contributed by atoms with E-state index in [1.165, 1.54) is 6.07 Å². The van der Waals surface area contributed by atoms with Gasteiger partial charge in [-0.1, -0.05) is 6.08 Å². The summed E-state index contributed by atoms with van der Waals surface area (Å²) in [5.74, 6) is -0.463. The van der Waals surface area contributed by atoms with Crippen molar-refractivity contribution in [2.24, 2.45) is 0 Å². The van der Waals surface area contributed by atoms with Crippen molar-refractivity contribution in [2.75, 3.05) is 29.9 Å². The van der Waals surface area contributed by atoms with Crippen molar-refractivity contribution in [3.8, 4) is 0 Å². The summed E-state index contributed by atoms with van der Waals surface area (Å²) in [5, 5.41) is 5.71. The summed E-state index contributed by atoms with van der Waals surface area (Å²) in [6, 6.07) is 4.51. The van der Waals surface area contributed by atoms with Gasteiger partial charge in [0, 0.05) is 25.3 Å². The molecule has 1 saturated heterocycles. The van der Waals surface area contributed by atoms with E-state index >= 15 is 0 Å². The minimum Gasteiger partial charge on any atom is -0.374 e. The highest BCUT2D eigenvalue weighted by Crippen LogP contribution is 2.26. The predicted molar refractivity (Wildman–Crippen MR) is 94.9 cm³/mol. The lowest BCUT2D eigenvalue weighted by Crippen LogP contribution is -2.45. The standard InChI is InChI=1S/C18H26FN3O2/c1-5-8-20-18(23)14(4)21-15-6-7-17(16(19)9-15)22-10-12(2)24-13(3)11-22/h5-7,9,12-14,21H,1,8,10-11H2,2-4H3,(H,20,23). The molecule has 3 unspecified atom stereocenters. The second-order valence-electron chi connectivity index (χ2n) is 6.23. The molecule has 2 N–H and O–H groups in total. The van der Waals surface area contributed by atoms with E-state index in [1.54, 1.807) is 25.1 Å². The molecule has 3 atom stereocenters. The van der Waals surface area contributed by atoms with Crippen LogP contribution in [0.1, 0.15) is 20.8 Å². The van der Waals surface area contributed by atoms with Gasteiger partial charge >= 0.3 is 0 Å². The van der Waals surface area contributed by atoms with Gasteiger partial charge in [-0.3, -0.25) is 4.79 Å². The Hall–Kier alpha value is -2.08. The molecule has 0 saturated carbocycles. The number of benzene rings is 1. The third-order valence-corrected chi connectivity index (χ3v) is 3.91. The zero-order valence-electron chi connectivity index (χ0n) is 14.5. The van der Waals surface area contributed by atoms with Gasteiger partial charge in [0.25, 0.3) is 0 Å².